The number of pyridine rings is 1. The van der Waals surface area contributed by atoms with Crippen molar-refractivity contribution in [1.82, 2.24) is 14.9 Å². The van der Waals surface area contributed by atoms with Gasteiger partial charge in [-0.15, -0.1) is 0 Å². The lowest BCUT2D eigenvalue weighted by Gasteiger charge is -2.13. The predicted molar refractivity (Wildman–Crippen MR) is 111 cm³/mol. The number of carbonyl (C=O) groups is 1. The van der Waals surface area contributed by atoms with Gasteiger partial charge in [-0.05, 0) is 42.3 Å². The van der Waals surface area contributed by atoms with E-state index in [4.69, 9.17) is 0 Å². The van der Waals surface area contributed by atoms with Gasteiger partial charge in [0.15, 0.2) is 0 Å². The lowest BCUT2D eigenvalue weighted by atomic mass is 10.1. The fourth-order valence-corrected chi connectivity index (χ4v) is 3.38. The van der Waals surface area contributed by atoms with Gasteiger partial charge < -0.3 is 9.88 Å². The van der Waals surface area contributed by atoms with E-state index in [9.17, 15) is 9.18 Å². The van der Waals surface area contributed by atoms with Crippen LogP contribution < -0.4 is 5.32 Å². The Labute approximate surface area is 168 Å². The maximum Gasteiger partial charge on any atom is 0.253 e. The van der Waals surface area contributed by atoms with Crippen LogP contribution in [0.1, 0.15) is 21.6 Å². The molecule has 4 aromatic rings. The van der Waals surface area contributed by atoms with Crippen molar-refractivity contribution in [2.45, 2.75) is 13.5 Å². The highest BCUT2D eigenvalue weighted by Gasteiger charge is 2.21. The van der Waals surface area contributed by atoms with Crippen LogP contribution in [0.2, 0.25) is 0 Å². The number of rotatable bonds is 5. The van der Waals surface area contributed by atoms with Crippen LogP contribution in [0.25, 0.3) is 16.9 Å². The Morgan fingerprint density at radius 2 is 1.79 bits per heavy atom. The second-order valence-electron chi connectivity index (χ2n) is 6.73. The monoisotopic (exact) mass is 385 g/mol. The molecule has 144 valence electrons. The number of hydrogen-bond acceptors (Lipinski definition) is 2. The zero-order valence-electron chi connectivity index (χ0n) is 16.0. The SMILES string of the molecule is Cc1c(C(=O)NCc2cccnc2)cc(-c2ccccc2)n1-c1ccccc1F. The maximum atomic E-state index is 14.6. The Bertz CT molecular complexity index is 1140. The molecule has 0 fully saturated rings. The highest BCUT2D eigenvalue weighted by Crippen LogP contribution is 2.30. The van der Waals surface area contributed by atoms with Crippen LogP contribution in [0.3, 0.4) is 0 Å². The lowest BCUT2D eigenvalue weighted by Crippen LogP contribution is -2.23. The number of carbonyl (C=O) groups excluding carboxylic acids is 1. The molecule has 1 N–H and O–H groups in total. The molecule has 2 aromatic carbocycles. The third kappa shape index (κ3) is 3.80. The highest BCUT2D eigenvalue weighted by molar-refractivity contribution is 5.97. The second-order valence-corrected chi connectivity index (χ2v) is 6.73. The molecule has 29 heavy (non-hydrogen) atoms. The van der Waals surface area contributed by atoms with Crippen LogP contribution in [0.4, 0.5) is 4.39 Å². The van der Waals surface area contributed by atoms with Gasteiger partial charge in [0.1, 0.15) is 5.82 Å². The molecule has 0 aliphatic carbocycles. The minimum absolute atomic E-state index is 0.210. The summed E-state index contributed by atoms with van der Waals surface area (Å²) < 4.78 is 16.4. The molecule has 0 saturated heterocycles. The minimum atomic E-state index is -0.342. The van der Waals surface area contributed by atoms with Crippen LogP contribution in [-0.4, -0.2) is 15.5 Å². The maximum absolute atomic E-state index is 14.6. The average Bonchev–Trinajstić information content (AvgIpc) is 3.11. The first-order valence-corrected chi connectivity index (χ1v) is 9.35. The molecule has 0 saturated carbocycles. The molecular formula is C24H20FN3O. The van der Waals surface area contributed by atoms with Gasteiger partial charge in [0.25, 0.3) is 5.91 Å². The number of para-hydroxylation sites is 1. The van der Waals surface area contributed by atoms with E-state index in [1.807, 2.05) is 55.5 Å². The zero-order valence-corrected chi connectivity index (χ0v) is 16.0. The van der Waals surface area contributed by atoms with Crippen molar-refractivity contribution in [3.63, 3.8) is 0 Å². The van der Waals surface area contributed by atoms with Crippen LogP contribution in [0, 0.1) is 12.7 Å². The number of hydrogen-bond donors (Lipinski definition) is 1. The topological polar surface area (TPSA) is 46.9 Å². The van der Waals surface area contributed by atoms with E-state index >= 15 is 0 Å². The molecule has 4 rings (SSSR count). The number of halogens is 1. The van der Waals surface area contributed by atoms with Gasteiger partial charge in [-0.2, -0.15) is 0 Å². The Hall–Kier alpha value is -3.73. The summed E-state index contributed by atoms with van der Waals surface area (Å²) in [6, 6.07) is 21.8. The van der Waals surface area contributed by atoms with E-state index in [2.05, 4.69) is 10.3 Å². The average molecular weight is 385 g/mol. The number of nitrogens with one attached hydrogen (secondary N) is 1. The molecular weight excluding hydrogens is 365 g/mol. The van der Waals surface area contributed by atoms with Crippen molar-refractivity contribution in [1.29, 1.82) is 0 Å². The number of nitrogens with zero attached hydrogens (tertiary/aromatic N) is 2. The Morgan fingerprint density at radius 1 is 1.03 bits per heavy atom. The summed E-state index contributed by atoms with van der Waals surface area (Å²) in [6.07, 6.45) is 3.41. The highest BCUT2D eigenvalue weighted by atomic mass is 19.1. The summed E-state index contributed by atoms with van der Waals surface area (Å²) in [7, 11) is 0. The second kappa shape index (κ2) is 8.10. The molecule has 0 unspecified atom stereocenters. The fraction of sp³-hybridized carbons (Fsp3) is 0.0833. The Morgan fingerprint density at radius 3 is 2.52 bits per heavy atom. The van der Waals surface area contributed by atoms with E-state index in [0.29, 0.717) is 23.5 Å². The van der Waals surface area contributed by atoms with Crippen LogP contribution >= 0.6 is 0 Å². The summed E-state index contributed by atoms with van der Waals surface area (Å²) in [5.41, 5.74) is 4.18. The Balaban J connectivity index is 1.76. The summed E-state index contributed by atoms with van der Waals surface area (Å²) >= 11 is 0. The Kier molecular flexibility index (Phi) is 5.20. The van der Waals surface area contributed by atoms with Crippen molar-refractivity contribution in [3.8, 4) is 16.9 Å². The van der Waals surface area contributed by atoms with Crippen molar-refractivity contribution in [2.24, 2.45) is 0 Å². The molecule has 2 aromatic heterocycles. The normalized spacial score (nSPS) is 10.7. The standard InChI is InChI=1S/C24H20FN3O/c1-17-20(24(29)27-16-18-8-7-13-26-15-18)14-23(19-9-3-2-4-10-19)28(17)22-12-6-5-11-21(22)25/h2-15H,16H2,1H3,(H,27,29). The van der Waals surface area contributed by atoms with Crippen molar-refractivity contribution < 1.29 is 9.18 Å². The van der Waals surface area contributed by atoms with E-state index in [1.54, 1.807) is 35.2 Å². The smallest absolute Gasteiger partial charge is 0.253 e. The molecule has 5 heteroatoms. The molecule has 0 bridgehead atoms. The van der Waals surface area contributed by atoms with Gasteiger partial charge in [0.05, 0.1) is 16.9 Å². The van der Waals surface area contributed by atoms with E-state index in [0.717, 1.165) is 16.8 Å². The van der Waals surface area contributed by atoms with Crippen LogP contribution in [0.5, 0.6) is 0 Å². The molecule has 0 spiro atoms. The summed E-state index contributed by atoms with van der Waals surface area (Å²) in [5.74, 6) is -0.552. The van der Waals surface area contributed by atoms with Gasteiger partial charge in [-0.3, -0.25) is 9.78 Å². The van der Waals surface area contributed by atoms with Gasteiger partial charge in [0, 0.05) is 24.6 Å². The summed E-state index contributed by atoms with van der Waals surface area (Å²) in [5, 5.41) is 2.93. The van der Waals surface area contributed by atoms with Crippen molar-refractivity contribution in [3.05, 3.63) is 108 Å². The first kappa shape index (κ1) is 18.6. The molecule has 2 heterocycles. The number of benzene rings is 2. The summed E-state index contributed by atoms with van der Waals surface area (Å²) in [6.45, 7) is 2.20. The molecule has 4 nitrogen and oxygen atoms in total. The first-order valence-electron chi connectivity index (χ1n) is 9.35. The molecule has 0 aliphatic heterocycles. The summed E-state index contributed by atoms with van der Waals surface area (Å²) in [4.78, 5) is 17.0. The van der Waals surface area contributed by atoms with Gasteiger partial charge in [-0.1, -0.05) is 48.5 Å². The van der Waals surface area contributed by atoms with Crippen molar-refractivity contribution >= 4 is 5.91 Å². The van der Waals surface area contributed by atoms with Gasteiger partial charge in [0.2, 0.25) is 0 Å². The lowest BCUT2D eigenvalue weighted by molar-refractivity contribution is 0.0950. The van der Waals surface area contributed by atoms with Gasteiger partial charge in [-0.25, -0.2) is 4.39 Å². The molecule has 0 atom stereocenters. The van der Waals surface area contributed by atoms with E-state index < -0.39 is 0 Å². The van der Waals surface area contributed by atoms with Crippen LogP contribution in [-0.2, 0) is 6.54 Å². The van der Waals surface area contributed by atoms with Gasteiger partial charge >= 0.3 is 0 Å². The molecule has 0 radical (unpaired) electrons. The van der Waals surface area contributed by atoms with E-state index in [1.165, 1.54) is 6.07 Å². The zero-order chi connectivity index (χ0) is 20.2. The quantitative estimate of drug-likeness (QED) is 0.530. The first-order chi connectivity index (χ1) is 14.1. The number of amides is 1. The number of aromatic nitrogens is 2. The minimum Gasteiger partial charge on any atom is -0.348 e. The third-order valence-electron chi connectivity index (χ3n) is 4.83. The largest absolute Gasteiger partial charge is 0.348 e. The van der Waals surface area contributed by atoms with Crippen LogP contribution in [0.15, 0.2) is 85.2 Å². The molecule has 1 amide bonds. The predicted octanol–water partition coefficient (Wildman–Crippen LogP) is 4.92. The third-order valence-corrected chi connectivity index (χ3v) is 4.83. The van der Waals surface area contributed by atoms with Crippen molar-refractivity contribution in [2.75, 3.05) is 0 Å². The van der Waals surface area contributed by atoms with E-state index in [-0.39, 0.29) is 11.7 Å². The fourth-order valence-electron chi connectivity index (χ4n) is 3.38. The molecule has 0 aliphatic rings.